The maximum Gasteiger partial charge on any atom is 0.134 e. The molecule has 28 heavy (non-hydrogen) atoms. The molecule has 0 unspecified atom stereocenters. The van der Waals surface area contributed by atoms with Gasteiger partial charge in [-0.3, -0.25) is 0 Å². The Balaban J connectivity index is 1.94. The summed E-state index contributed by atoms with van der Waals surface area (Å²) in [6.07, 6.45) is 0. The molecule has 0 radical (unpaired) electrons. The van der Waals surface area contributed by atoms with Crippen molar-refractivity contribution in [3.05, 3.63) is 48.0 Å². The number of nitrogens with zero attached hydrogens (tertiary/aromatic N) is 2. The van der Waals surface area contributed by atoms with E-state index in [4.69, 9.17) is 4.74 Å². The molecule has 1 aliphatic heterocycles. The first-order valence-corrected chi connectivity index (χ1v) is 12.4. The highest BCUT2D eigenvalue weighted by Gasteiger charge is 2.23. The summed E-state index contributed by atoms with van der Waals surface area (Å²) in [6.45, 7) is 12.8. The molecule has 1 heterocycles. The van der Waals surface area contributed by atoms with Crippen LogP contribution in [0.5, 0.6) is 11.5 Å². The molecule has 1 saturated heterocycles. The lowest BCUT2D eigenvalue weighted by Gasteiger charge is -2.24. The standard InChI is InChI=1S/C23H32N2OS2/c1-5-24(6-2)18-10-9-11-20(16-18)26-22-17-19(25(7-3)8-4)12-13-21(22)23-27-14-15-28-23/h9-13,16-17,23H,5-8,14-15H2,1-4H3. The third-order valence-corrected chi connectivity index (χ3v) is 8.24. The molecule has 1 fully saturated rings. The van der Waals surface area contributed by atoms with Crippen LogP contribution in [-0.2, 0) is 0 Å². The van der Waals surface area contributed by atoms with Gasteiger partial charge in [0.1, 0.15) is 11.5 Å². The number of rotatable bonds is 9. The van der Waals surface area contributed by atoms with Gasteiger partial charge in [0, 0.05) is 66.8 Å². The zero-order valence-corrected chi connectivity index (χ0v) is 19.1. The largest absolute Gasteiger partial charge is 0.457 e. The minimum absolute atomic E-state index is 0.465. The zero-order valence-electron chi connectivity index (χ0n) is 17.5. The monoisotopic (exact) mass is 416 g/mol. The SMILES string of the molecule is CCN(CC)c1cccc(Oc2cc(N(CC)CC)ccc2C2SCCS2)c1. The minimum atomic E-state index is 0.465. The van der Waals surface area contributed by atoms with Crippen molar-refractivity contribution in [3.63, 3.8) is 0 Å². The van der Waals surface area contributed by atoms with Crippen LogP contribution in [0.3, 0.4) is 0 Å². The summed E-state index contributed by atoms with van der Waals surface area (Å²) in [5.41, 5.74) is 3.75. The minimum Gasteiger partial charge on any atom is -0.457 e. The van der Waals surface area contributed by atoms with E-state index in [2.05, 4.69) is 80.0 Å². The fraction of sp³-hybridized carbons (Fsp3) is 0.478. The predicted octanol–water partition coefficient (Wildman–Crippen LogP) is 6.65. The van der Waals surface area contributed by atoms with Crippen LogP contribution in [0.2, 0.25) is 0 Å². The lowest BCUT2D eigenvalue weighted by Crippen LogP contribution is -2.22. The van der Waals surface area contributed by atoms with Gasteiger partial charge in [-0.25, -0.2) is 0 Å². The fourth-order valence-corrected chi connectivity index (χ4v) is 6.50. The number of ether oxygens (including phenoxy) is 1. The topological polar surface area (TPSA) is 15.7 Å². The molecule has 0 saturated carbocycles. The Morgan fingerprint density at radius 3 is 2.04 bits per heavy atom. The van der Waals surface area contributed by atoms with Gasteiger partial charge in [0.05, 0.1) is 4.58 Å². The van der Waals surface area contributed by atoms with Crippen LogP contribution in [-0.4, -0.2) is 37.7 Å². The van der Waals surface area contributed by atoms with Crippen molar-refractivity contribution >= 4 is 34.9 Å². The zero-order chi connectivity index (χ0) is 19.9. The molecule has 1 aliphatic rings. The third kappa shape index (κ3) is 4.93. The summed E-state index contributed by atoms with van der Waals surface area (Å²) in [4.78, 5) is 4.72. The molecular formula is C23H32N2OS2. The summed E-state index contributed by atoms with van der Waals surface area (Å²) < 4.78 is 6.97. The molecule has 0 N–H and O–H groups in total. The van der Waals surface area contributed by atoms with E-state index in [1.807, 2.05) is 23.5 Å². The van der Waals surface area contributed by atoms with Gasteiger partial charge in [0.15, 0.2) is 0 Å². The van der Waals surface area contributed by atoms with Gasteiger partial charge in [-0.1, -0.05) is 12.1 Å². The second kappa shape index (κ2) is 10.4. The van der Waals surface area contributed by atoms with Crippen molar-refractivity contribution in [3.8, 4) is 11.5 Å². The molecule has 3 nitrogen and oxygen atoms in total. The Kier molecular flexibility index (Phi) is 7.86. The van der Waals surface area contributed by atoms with Crippen LogP contribution in [0.1, 0.15) is 37.8 Å². The van der Waals surface area contributed by atoms with Crippen LogP contribution in [0.25, 0.3) is 0 Å². The summed E-state index contributed by atoms with van der Waals surface area (Å²) in [5.74, 6) is 4.33. The summed E-state index contributed by atoms with van der Waals surface area (Å²) in [7, 11) is 0. The number of hydrogen-bond donors (Lipinski definition) is 0. The van der Waals surface area contributed by atoms with E-state index in [1.54, 1.807) is 0 Å². The van der Waals surface area contributed by atoms with Crippen LogP contribution < -0.4 is 14.5 Å². The van der Waals surface area contributed by atoms with Crippen molar-refractivity contribution in [1.29, 1.82) is 0 Å². The molecule has 2 aromatic carbocycles. The van der Waals surface area contributed by atoms with Gasteiger partial charge in [-0.05, 0) is 45.9 Å². The second-order valence-corrected chi connectivity index (χ2v) is 9.46. The van der Waals surface area contributed by atoms with Crippen LogP contribution in [0.4, 0.5) is 11.4 Å². The average molecular weight is 417 g/mol. The fourth-order valence-electron chi connectivity index (χ4n) is 3.59. The number of thioether (sulfide) groups is 2. The number of hydrogen-bond acceptors (Lipinski definition) is 5. The highest BCUT2D eigenvalue weighted by Crippen LogP contribution is 2.49. The molecule has 0 bridgehead atoms. The van der Waals surface area contributed by atoms with Gasteiger partial charge in [0.2, 0.25) is 0 Å². The second-order valence-electron chi connectivity index (χ2n) is 6.74. The first-order valence-electron chi connectivity index (χ1n) is 10.3. The van der Waals surface area contributed by atoms with Crippen molar-refractivity contribution in [2.45, 2.75) is 32.3 Å². The first-order chi connectivity index (χ1) is 13.7. The van der Waals surface area contributed by atoms with Gasteiger partial charge < -0.3 is 14.5 Å². The molecule has 152 valence electrons. The van der Waals surface area contributed by atoms with E-state index in [9.17, 15) is 0 Å². The van der Waals surface area contributed by atoms with Crippen molar-refractivity contribution in [2.75, 3.05) is 47.5 Å². The van der Waals surface area contributed by atoms with Gasteiger partial charge in [-0.2, -0.15) is 0 Å². The summed E-state index contributed by atoms with van der Waals surface area (Å²) in [5, 5.41) is 0. The summed E-state index contributed by atoms with van der Waals surface area (Å²) >= 11 is 4.04. The highest BCUT2D eigenvalue weighted by molar-refractivity contribution is 8.19. The Bertz CT molecular complexity index is 754. The molecule has 5 heteroatoms. The maximum absolute atomic E-state index is 6.50. The molecule has 0 amide bonds. The quantitative estimate of drug-likeness (QED) is 0.453. The molecule has 0 atom stereocenters. The number of anilines is 2. The van der Waals surface area contributed by atoms with E-state index < -0.39 is 0 Å². The van der Waals surface area contributed by atoms with Crippen molar-refractivity contribution in [2.24, 2.45) is 0 Å². The molecule has 3 rings (SSSR count). The normalized spacial score (nSPS) is 14.3. The summed E-state index contributed by atoms with van der Waals surface area (Å²) in [6, 6.07) is 15.2. The van der Waals surface area contributed by atoms with Gasteiger partial charge in [-0.15, -0.1) is 23.5 Å². The van der Waals surface area contributed by atoms with E-state index >= 15 is 0 Å². The Morgan fingerprint density at radius 2 is 1.43 bits per heavy atom. The average Bonchev–Trinajstić information content (AvgIpc) is 3.25. The Morgan fingerprint density at radius 1 is 0.821 bits per heavy atom. The Labute approximate surface area is 178 Å². The highest BCUT2D eigenvalue weighted by atomic mass is 32.2. The molecular weight excluding hydrogens is 384 g/mol. The van der Waals surface area contributed by atoms with E-state index in [1.165, 1.54) is 28.4 Å². The molecule has 0 aromatic heterocycles. The molecule has 2 aromatic rings. The van der Waals surface area contributed by atoms with E-state index in [-0.39, 0.29) is 0 Å². The first kappa shape index (κ1) is 21.3. The lowest BCUT2D eigenvalue weighted by atomic mass is 10.1. The van der Waals surface area contributed by atoms with Crippen LogP contribution >= 0.6 is 23.5 Å². The smallest absolute Gasteiger partial charge is 0.134 e. The van der Waals surface area contributed by atoms with Crippen molar-refractivity contribution in [1.82, 2.24) is 0 Å². The third-order valence-electron chi connectivity index (χ3n) is 5.18. The maximum atomic E-state index is 6.50. The number of benzene rings is 2. The van der Waals surface area contributed by atoms with E-state index in [0.29, 0.717) is 4.58 Å². The molecule has 0 aliphatic carbocycles. The van der Waals surface area contributed by atoms with E-state index in [0.717, 1.165) is 37.7 Å². The van der Waals surface area contributed by atoms with Gasteiger partial charge in [0.25, 0.3) is 0 Å². The van der Waals surface area contributed by atoms with Gasteiger partial charge >= 0.3 is 0 Å². The predicted molar refractivity (Wildman–Crippen MR) is 128 cm³/mol. The van der Waals surface area contributed by atoms with Crippen molar-refractivity contribution < 1.29 is 4.74 Å². The molecule has 0 spiro atoms. The Hall–Kier alpha value is -1.46. The lowest BCUT2D eigenvalue weighted by molar-refractivity contribution is 0.478. The van der Waals surface area contributed by atoms with Crippen LogP contribution in [0, 0.1) is 0 Å². The van der Waals surface area contributed by atoms with Crippen LogP contribution in [0.15, 0.2) is 42.5 Å².